The lowest BCUT2D eigenvalue weighted by molar-refractivity contribution is -0.146. The Balaban J connectivity index is 1.97. The molecule has 36 heavy (non-hydrogen) atoms. The molecule has 2 unspecified atom stereocenters. The molecule has 1 aromatic carbocycles. The third kappa shape index (κ3) is 6.82. The molecule has 1 saturated carbocycles. The summed E-state index contributed by atoms with van der Waals surface area (Å²) in [6.45, 7) is 9.81. The molecule has 2 N–H and O–H groups in total. The second-order valence-electron chi connectivity index (χ2n) is 11.1. The molecule has 0 spiro atoms. The van der Waals surface area contributed by atoms with Gasteiger partial charge in [-0.2, -0.15) is 0 Å². The first-order valence-electron chi connectivity index (χ1n) is 13.3. The van der Waals surface area contributed by atoms with Crippen LogP contribution >= 0.6 is 11.8 Å². The van der Waals surface area contributed by atoms with Crippen LogP contribution in [-0.2, 0) is 19.1 Å². The molecule has 4 atom stereocenters. The highest BCUT2D eigenvalue weighted by atomic mass is 32.2. The van der Waals surface area contributed by atoms with Gasteiger partial charge in [0.15, 0.2) is 0 Å². The number of hydrogen-bond acceptors (Lipinski definition) is 6. The molecule has 1 aliphatic heterocycles. The maximum atomic E-state index is 14.2. The van der Waals surface area contributed by atoms with Gasteiger partial charge in [-0.05, 0) is 50.2 Å². The summed E-state index contributed by atoms with van der Waals surface area (Å²) < 4.78 is 5.42. The third-order valence-electron chi connectivity index (χ3n) is 7.32. The quantitative estimate of drug-likeness (QED) is 0.430. The van der Waals surface area contributed by atoms with Crippen molar-refractivity contribution in [1.29, 1.82) is 0 Å². The van der Waals surface area contributed by atoms with Crippen molar-refractivity contribution in [2.75, 3.05) is 11.5 Å². The van der Waals surface area contributed by atoms with E-state index in [1.165, 1.54) is 43.9 Å². The number of rotatable bonds is 9. The van der Waals surface area contributed by atoms with E-state index >= 15 is 0 Å². The normalized spacial score (nSPS) is 22.9. The number of amides is 1. The van der Waals surface area contributed by atoms with Gasteiger partial charge in [0.1, 0.15) is 18.1 Å². The van der Waals surface area contributed by atoms with Crippen molar-refractivity contribution in [2.24, 2.45) is 11.3 Å². The third-order valence-corrected chi connectivity index (χ3v) is 9.16. The molecule has 0 bridgehead atoms. The van der Waals surface area contributed by atoms with Crippen LogP contribution in [0.2, 0.25) is 0 Å². The molecule has 0 saturated heterocycles. The summed E-state index contributed by atoms with van der Waals surface area (Å²) in [7, 11) is 0. The number of nitrogens with one attached hydrogen (secondary N) is 1. The van der Waals surface area contributed by atoms with Gasteiger partial charge in [0.05, 0.1) is 12.3 Å². The van der Waals surface area contributed by atoms with E-state index in [1.807, 2.05) is 18.2 Å². The van der Waals surface area contributed by atoms with Gasteiger partial charge in [0.2, 0.25) is 5.91 Å². The molecular formula is C28H42N2O5S. The van der Waals surface area contributed by atoms with Gasteiger partial charge >= 0.3 is 11.9 Å². The van der Waals surface area contributed by atoms with E-state index in [4.69, 9.17) is 4.74 Å². The molecule has 7 nitrogen and oxygen atoms in total. The molecule has 1 heterocycles. The zero-order chi connectivity index (χ0) is 26.5. The van der Waals surface area contributed by atoms with Crippen molar-refractivity contribution in [1.82, 2.24) is 5.32 Å². The fraction of sp³-hybridized carbons (Fsp3) is 0.679. The Morgan fingerprint density at radius 1 is 1.19 bits per heavy atom. The molecule has 3 rings (SSSR count). The Kier molecular flexibility index (Phi) is 9.86. The summed E-state index contributed by atoms with van der Waals surface area (Å²) in [5.74, 6) is -1.16. The van der Waals surface area contributed by atoms with Crippen LogP contribution in [0.4, 0.5) is 5.69 Å². The first kappa shape index (κ1) is 28.5. The number of carboxylic acid groups (broad SMARTS) is 1. The van der Waals surface area contributed by atoms with Crippen LogP contribution in [0.25, 0.3) is 0 Å². The molecule has 0 aromatic heterocycles. The smallest absolute Gasteiger partial charge is 0.326 e. The van der Waals surface area contributed by atoms with Crippen LogP contribution in [-0.4, -0.2) is 52.9 Å². The Labute approximate surface area is 219 Å². The van der Waals surface area contributed by atoms with E-state index in [9.17, 15) is 19.5 Å². The minimum Gasteiger partial charge on any atom is -0.480 e. The Morgan fingerprint density at radius 3 is 2.47 bits per heavy atom. The van der Waals surface area contributed by atoms with Crippen molar-refractivity contribution in [3.8, 4) is 0 Å². The molecule has 200 valence electrons. The average molecular weight is 519 g/mol. The largest absolute Gasteiger partial charge is 0.480 e. The van der Waals surface area contributed by atoms with Gasteiger partial charge in [-0.25, -0.2) is 4.79 Å². The molecule has 1 amide bonds. The lowest BCUT2D eigenvalue weighted by Crippen LogP contribution is -2.60. The van der Waals surface area contributed by atoms with E-state index < -0.39 is 24.1 Å². The Bertz CT molecular complexity index is 925. The van der Waals surface area contributed by atoms with Crippen LogP contribution in [0.5, 0.6) is 0 Å². The number of anilines is 1. The lowest BCUT2D eigenvalue weighted by atomic mass is 9.84. The summed E-state index contributed by atoms with van der Waals surface area (Å²) in [4.78, 5) is 41.5. The minimum absolute atomic E-state index is 0.233. The van der Waals surface area contributed by atoms with Crippen LogP contribution in [0.3, 0.4) is 0 Å². The number of thioether (sulfide) groups is 1. The predicted molar refractivity (Wildman–Crippen MR) is 143 cm³/mol. The molecular weight excluding hydrogens is 476 g/mol. The topological polar surface area (TPSA) is 95.9 Å². The van der Waals surface area contributed by atoms with Crippen LogP contribution < -0.4 is 10.2 Å². The van der Waals surface area contributed by atoms with Crippen LogP contribution in [0, 0.1) is 11.3 Å². The molecule has 1 aliphatic carbocycles. The molecule has 8 heteroatoms. The van der Waals surface area contributed by atoms with E-state index in [-0.39, 0.29) is 29.1 Å². The summed E-state index contributed by atoms with van der Waals surface area (Å²) in [6, 6.07) is 5.01. The number of hydrogen-bond donors (Lipinski definition) is 2. The van der Waals surface area contributed by atoms with E-state index in [1.54, 1.807) is 24.8 Å². The number of esters is 1. The van der Waals surface area contributed by atoms with Gasteiger partial charge < -0.3 is 9.84 Å². The summed E-state index contributed by atoms with van der Waals surface area (Å²) in [6.07, 6.45) is 7.58. The summed E-state index contributed by atoms with van der Waals surface area (Å²) >= 11 is 1.57. The summed E-state index contributed by atoms with van der Waals surface area (Å²) in [5, 5.41) is 13.0. The number of nitrogens with zero attached hydrogens (tertiary/aromatic N) is 1. The van der Waals surface area contributed by atoms with Gasteiger partial charge in [-0.3, -0.25) is 19.8 Å². The number of carbonyl (C=O) groups is 3. The van der Waals surface area contributed by atoms with E-state index in [2.05, 4.69) is 26.1 Å². The van der Waals surface area contributed by atoms with Crippen LogP contribution in [0.1, 0.15) is 79.6 Å². The fourth-order valence-corrected chi connectivity index (χ4v) is 6.71. The van der Waals surface area contributed by atoms with Crippen molar-refractivity contribution < 1.29 is 24.2 Å². The first-order valence-corrected chi connectivity index (χ1v) is 14.2. The molecule has 0 radical (unpaired) electrons. The highest BCUT2D eigenvalue weighted by molar-refractivity contribution is 8.00. The Hall–Kier alpha value is -2.06. The van der Waals surface area contributed by atoms with Gasteiger partial charge in [-0.1, -0.05) is 65.0 Å². The standard InChI is InChI=1S/C28H42N2O5S/c1-6-35-27(34)20(17-16-19-12-8-7-9-13-19)29-23-24(28(3,4)5)36-22-15-11-10-14-21(22)30(25(23)31)18(2)26(32)33/h10-11,14-15,18-20,23-24,29H,6-9,12-13,16-17H2,1-5H3,(H,32,33)/t18?,20-,23-,24?/m0/s1. The number of aliphatic carboxylic acids is 1. The average Bonchev–Trinajstić information content (AvgIpc) is 2.96. The number of para-hydroxylation sites is 1. The van der Waals surface area contributed by atoms with Gasteiger partial charge in [0, 0.05) is 10.1 Å². The van der Waals surface area contributed by atoms with Gasteiger partial charge in [0.25, 0.3) is 0 Å². The second-order valence-corrected chi connectivity index (χ2v) is 12.3. The molecule has 1 fully saturated rings. The van der Waals surface area contributed by atoms with Crippen LogP contribution in [0.15, 0.2) is 29.2 Å². The first-order chi connectivity index (χ1) is 17.0. The number of ether oxygens (including phenoxy) is 1. The fourth-order valence-electron chi connectivity index (χ4n) is 5.31. The number of fused-ring (bicyclic) bond motifs is 1. The van der Waals surface area contributed by atoms with E-state index in [0.29, 0.717) is 18.0 Å². The van der Waals surface area contributed by atoms with Crippen molar-refractivity contribution in [3.05, 3.63) is 24.3 Å². The second kappa shape index (κ2) is 12.5. The van der Waals surface area contributed by atoms with Gasteiger partial charge in [-0.15, -0.1) is 11.8 Å². The summed E-state index contributed by atoms with van der Waals surface area (Å²) in [5.41, 5.74) is 0.284. The van der Waals surface area contributed by atoms with Crippen molar-refractivity contribution >= 4 is 35.3 Å². The Morgan fingerprint density at radius 2 is 1.86 bits per heavy atom. The molecule has 1 aromatic rings. The maximum Gasteiger partial charge on any atom is 0.326 e. The number of benzene rings is 1. The zero-order valence-corrected chi connectivity index (χ0v) is 23.1. The molecule has 2 aliphatic rings. The number of carboxylic acids is 1. The van der Waals surface area contributed by atoms with E-state index in [0.717, 1.165) is 11.3 Å². The van der Waals surface area contributed by atoms with Crippen molar-refractivity contribution in [2.45, 2.75) is 108 Å². The highest BCUT2D eigenvalue weighted by Gasteiger charge is 2.46. The zero-order valence-electron chi connectivity index (χ0n) is 22.3. The highest BCUT2D eigenvalue weighted by Crippen LogP contribution is 2.45. The maximum absolute atomic E-state index is 14.2. The monoisotopic (exact) mass is 518 g/mol. The minimum atomic E-state index is -1.07. The number of carbonyl (C=O) groups excluding carboxylic acids is 2. The SMILES string of the molecule is CCOC(=O)[C@H](CCC1CCCCC1)N[C@@H]1C(=O)N(C(C)C(=O)O)c2ccccc2SC1C(C)(C)C. The lowest BCUT2D eigenvalue weighted by Gasteiger charge is -2.38. The van der Waals surface area contributed by atoms with Crippen molar-refractivity contribution in [3.63, 3.8) is 0 Å². The predicted octanol–water partition coefficient (Wildman–Crippen LogP) is 5.26.